The molecule has 3 nitrogen and oxygen atoms in total. The predicted molar refractivity (Wildman–Crippen MR) is 85.2 cm³/mol. The Labute approximate surface area is 125 Å². The molecule has 0 aliphatic carbocycles. The van der Waals surface area contributed by atoms with Crippen molar-refractivity contribution in [1.82, 2.24) is 4.90 Å². The minimum Gasteiger partial charge on any atom is -0.379 e. The quantitative estimate of drug-likeness (QED) is 0.451. The highest BCUT2D eigenvalue weighted by Crippen LogP contribution is 2.17. The fourth-order valence-corrected chi connectivity index (χ4v) is 2.50. The average molecular weight is 283 g/mol. The molecule has 0 unspecified atom stereocenters. The fraction of sp³-hybridized carbons (Fsp3) is 0.882. The molecule has 0 aromatic carbocycles. The van der Waals surface area contributed by atoms with Crippen molar-refractivity contribution in [1.29, 1.82) is 0 Å². The second-order valence-corrected chi connectivity index (χ2v) is 5.57. The van der Waals surface area contributed by atoms with Crippen LogP contribution >= 0.6 is 0 Å². The summed E-state index contributed by atoms with van der Waals surface area (Å²) in [6.07, 6.45) is 9.90. The molecule has 0 aromatic rings. The summed E-state index contributed by atoms with van der Waals surface area (Å²) < 4.78 is 11.0. The van der Waals surface area contributed by atoms with Crippen LogP contribution in [0.2, 0.25) is 0 Å². The van der Waals surface area contributed by atoms with Crippen LogP contribution in [0.15, 0.2) is 11.6 Å². The fourth-order valence-electron chi connectivity index (χ4n) is 2.50. The van der Waals surface area contributed by atoms with Crippen molar-refractivity contribution in [2.45, 2.75) is 52.4 Å². The van der Waals surface area contributed by atoms with Gasteiger partial charge < -0.3 is 14.4 Å². The molecule has 0 radical (unpaired) electrons. The summed E-state index contributed by atoms with van der Waals surface area (Å²) in [4.78, 5) is 2.54. The molecule has 0 bridgehead atoms. The Hall–Kier alpha value is -0.380. The van der Waals surface area contributed by atoms with Crippen LogP contribution < -0.4 is 0 Å². The van der Waals surface area contributed by atoms with E-state index in [9.17, 15) is 0 Å². The molecule has 1 fully saturated rings. The third kappa shape index (κ3) is 8.72. The molecule has 0 N–H and O–H groups in total. The molecule has 20 heavy (non-hydrogen) atoms. The SMILES string of the molecule is CCC/C=C1/CCCN(CCOCCOCCC)CC1. The van der Waals surface area contributed by atoms with Gasteiger partial charge in [0.1, 0.15) is 0 Å². The van der Waals surface area contributed by atoms with Crippen molar-refractivity contribution in [3.8, 4) is 0 Å². The number of hydrogen-bond donors (Lipinski definition) is 0. The van der Waals surface area contributed by atoms with Gasteiger partial charge in [0.05, 0.1) is 19.8 Å². The van der Waals surface area contributed by atoms with Gasteiger partial charge >= 0.3 is 0 Å². The van der Waals surface area contributed by atoms with Gasteiger partial charge in [-0.15, -0.1) is 0 Å². The van der Waals surface area contributed by atoms with Crippen LogP contribution in [0.1, 0.15) is 52.4 Å². The number of allylic oxidation sites excluding steroid dienone is 1. The van der Waals surface area contributed by atoms with E-state index in [2.05, 4.69) is 24.8 Å². The maximum absolute atomic E-state index is 5.63. The van der Waals surface area contributed by atoms with E-state index in [1.54, 1.807) is 5.57 Å². The first kappa shape index (κ1) is 17.7. The summed E-state index contributed by atoms with van der Waals surface area (Å²) in [6, 6.07) is 0. The molecule has 1 aliphatic rings. The van der Waals surface area contributed by atoms with Crippen LogP contribution in [-0.2, 0) is 9.47 Å². The van der Waals surface area contributed by atoms with Gasteiger partial charge in [0, 0.05) is 19.7 Å². The van der Waals surface area contributed by atoms with E-state index in [0.29, 0.717) is 0 Å². The Morgan fingerprint density at radius 2 is 1.75 bits per heavy atom. The second kappa shape index (κ2) is 12.4. The summed E-state index contributed by atoms with van der Waals surface area (Å²) in [7, 11) is 0. The lowest BCUT2D eigenvalue weighted by molar-refractivity contribution is 0.0392. The lowest BCUT2D eigenvalue weighted by Gasteiger charge is -2.19. The van der Waals surface area contributed by atoms with E-state index in [4.69, 9.17) is 9.47 Å². The Morgan fingerprint density at radius 1 is 0.950 bits per heavy atom. The van der Waals surface area contributed by atoms with Crippen LogP contribution in [0.25, 0.3) is 0 Å². The maximum atomic E-state index is 5.63. The van der Waals surface area contributed by atoms with E-state index < -0.39 is 0 Å². The summed E-state index contributed by atoms with van der Waals surface area (Å²) >= 11 is 0. The zero-order chi connectivity index (χ0) is 14.5. The summed E-state index contributed by atoms with van der Waals surface area (Å²) in [5.74, 6) is 0. The van der Waals surface area contributed by atoms with Gasteiger partial charge in [-0.2, -0.15) is 0 Å². The normalized spacial score (nSPS) is 19.4. The first-order valence-corrected chi connectivity index (χ1v) is 8.42. The van der Waals surface area contributed by atoms with Crippen molar-refractivity contribution in [2.24, 2.45) is 0 Å². The van der Waals surface area contributed by atoms with E-state index in [-0.39, 0.29) is 0 Å². The number of rotatable bonds is 10. The molecule has 0 saturated carbocycles. The minimum atomic E-state index is 0.732. The van der Waals surface area contributed by atoms with Gasteiger partial charge in [0.2, 0.25) is 0 Å². The Bertz CT molecular complexity index is 253. The molecule has 1 rings (SSSR count). The van der Waals surface area contributed by atoms with Gasteiger partial charge in [-0.25, -0.2) is 0 Å². The van der Waals surface area contributed by atoms with E-state index in [1.165, 1.54) is 45.2 Å². The van der Waals surface area contributed by atoms with Gasteiger partial charge in [0.15, 0.2) is 0 Å². The maximum Gasteiger partial charge on any atom is 0.0701 e. The summed E-state index contributed by atoms with van der Waals surface area (Å²) in [5, 5.41) is 0. The molecular weight excluding hydrogens is 250 g/mol. The lowest BCUT2D eigenvalue weighted by Crippen LogP contribution is -2.28. The van der Waals surface area contributed by atoms with Crippen LogP contribution in [0.3, 0.4) is 0 Å². The zero-order valence-corrected chi connectivity index (χ0v) is 13.5. The Kier molecular flexibility index (Phi) is 10.9. The highest BCUT2D eigenvalue weighted by atomic mass is 16.5. The average Bonchev–Trinajstić information content (AvgIpc) is 2.69. The van der Waals surface area contributed by atoms with Crippen LogP contribution in [-0.4, -0.2) is 51.0 Å². The summed E-state index contributed by atoms with van der Waals surface area (Å²) in [5.41, 5.74) is 1.67. The standard InChI is InChI=1S/C17H33NO2/c1-3-5-7-17-8-6-10-18(11-9-17)12-14-20-16-15-19-13-4-2/h7H,3-6,8-16H2,1-2H3/b17-7-. The number of ether oxygens (including phenoxy) is 2. The van der Waals surface area contributed by atoms with Gasteiger partial charge in [-0.05, 0) is 38.6 Å². The zero-order valence-electron chi connectivity index (χ0n) is 13.5. The van der Waals surface area contributed by atoms with Crippen molar-refractivity contribution < 1.29 is 9.47 Å². The smallest absolute Gasteiger partial charge is 0.0701 e. The van der Waals surface area contributed by atoms with Gasteiger partial charge in [-0.1, -0.05) is 31.9 Å². The number of likely N-dealkylation sites (tertiary alicyclic amines) is 1. The molecule has 0 spiro atoms. The molecule has 1 heterocycles. The van der Waals surface area contributed by atoms with Crippen molar-refractivity contribution in [2.75, 3.05) is 46.1 Å². The third-order valence-corrected chi connectivity index (χ3v) is 3.72. The Morgan fingerprint density at radius 3 is 2.50 bits per heavy atom. The number of nitrogens with zero attached hydrogens (tertiary/aromatic N) is 1. The van der Waals surface area contributed by atoms with Crippen molar-refractivity contribution in [3.63, 3.8) is 0 Å². The monoisotopic (exact) mass is 283 g/mol. The van der Waals surface area contributed by atoms with E-state index in [0.717, 1.165) is 39.4 Å². The Balaban J connectivity index is 2.04. The predicted octanol–water partition coefficient (Wildman–Crippen LogP) is 3.64. The van der Waals surface area contributed by atoms with Gasteiger partial charge in [0.25, 0.3) is 0 Å². The highest BCUT2D eigenvalue weighted by molar-refractivity contribution is 5.03. The first-order chi connectivity index (χ1) is 9.86. The van der Waals surface area contributed by atoms with Crippen LogP contribution in [0, 0.1) is 0 Å². The molecule has 1 saturated heterocycles. The molecule has 0 atom stereocenters. The van der Waals surface area contributed by atoms with Crippen molar-refractivity contribution >= 4 is 0 Å². The van der Waals surface area contributed by atoms with Crippen LogP contribution in [0.4, 0.5) is 0 Å². The molecule has 3 heteroatoms. The first-order valence-electron chi connectivity index (χ1n) is 8.42. The molecule has 118 valence electrons. The second-order valence-electron chi connectivity index (χ2n) is 5.57. The van der Waals surface area contributed by atoms with Crippen molar-refractivity contribution in [3.05, 3.63) is 11.6 Å². The van der Waals surface area contributed by atoms with Gasteiger partial charge in [-0.3, -0.25) is 0 Å². The third-order valence-electron chi connectivity index (χ3n) is 3.72. The van der Waals surface area contributed by atoms with E-state index in [1.807, 2.05) is 0 Å². The molecule has 0 aromatic heterocycles. The number of hydrogen-bond acceptors (Lipinski definition) is 3. The lowest BCUT2D eigenvalue weighted by atomic mass is 10.1. The van der Waals surface area contributed by atoms with Crippen LogP contribution in [0.5, 0.6) is 0 Å². The minimum absolute atomic E-state index is 0.732. The molecular formula is C17H33NO2. The summed E-state index contributed by atoms with van der Waals surface area (Å²) in [6.45, 7) is 11.0. The molecule has 1 aliphatic heterocycles. The topological polar surface area (TPSA) is 21.7 Å². The number of unbranched alkanes of at least 4 members (excludes halogenated alkanes) is 1. The highest BCUT2D eigenvalue weighted by Gasteiger charge is 2.11. The largest absolute Gasteiger partial charge is 0.379 e. The molecule has 0 amide bonds. The van der Waals surface area contributed by atoms with E-state index >= 15 is 0 Å².